The van der Waals surface area contributed by atoms with E-state index in [0.717, 1.165) is 28.2 Å². The highest BCUT2D eigenvalue weighted by Gasteiger charge is 2.23. The van der Waals surface area contributed by atoms with E-state index in [1.165, 1.54) is 15.3 Å². The second-order valence-corrected chi connectivity index (χ2v) is 8.07. The molecule has 3 heterocycles. The maximum absolute atomic E-state index is 12.5. The quantitative estimate of drug-likeness (QED) is 0.637. The molecule has 3 aromatic rings. The zero-order valence-electron chi connectivity index (χ0n) is 14.0. The maximum atomic E-state index is 12.5. The van der Waals surface area contributed by atoms with Gasteiger partial charge in [0.15, 0.2) is 5.13 Å². The molecule has 26 heavy (non-hydrogen) atoms. The number of hydrogen-bond donors (Lipinski definition) is 0. The first-order valence-electron chi connectivity index (χ1n) is 8.34. The molecular weight excluding hydrogens is 416 g/mol. The van der Waals surface area contributed by atoms with Crippen molar-refractivity contribution in [3.63, 3.8) is 0 Å². The Bertz CT molecular complexity index is 975. The number of para-hydroxylation sites is 1. The molecule has 0 unspecified atom stereocenters. The normalized spacial score (nSPS) is 14.8. The van der Waals surface area contributed by atoms with E-state index < -0.39 is 0 Å². The van der Waals surface area contributed by atoms with Crippen LogP contribution in [0.2, 0.25) is 0 Å². The molecular formula is C18H17BrN4O2S. The van der Waals surface area contributed by atoms with Crippen molar-refractivity contribution in [2.75, 3.05) is 31.1 Å². The minimum atomic E-state index is -0.172. The number of thiazole rings is 1. The predicted molar refractivity (Wildman–Crippen MR) is 107 cm³/mol. The number of carbonyl (C=O) groups is 1. The SMILES string of the molecule is O=C(Cn1cc(Br)ccc1=O)N1CCN(c2nc3ccccc3s2)CC1. The highest BCUT2D eigenvalue weighted by atomic mass is 79.9. The monoisotopic (exact) mass is 432 g/mol. The van der Waals surface area contributed by atoms with Crippen molar-refractivity contribution in [3.05, 3.63) is 57.4 Å². The van der Waals surface area contributed by atoms with Crippen molar-refractivity contribution in [2.45, 2.75) is 6.54 Å². The smallest absolute Gasteiger partial charge is 0.251 e. The molecule has 0 bridgehead atoms. The third-order valence-electron chi connectivity index (χ3n) is 4.44. The number of carbonyl (C=O) groups excluding carboxylic acids is 1. The molecule has 0 saturated carbocycles. The van der Waals surface area contributed by atoms with Gasteiger partial charge in [0.25, 0.3) is 5.56 Å². The summed E-state index contributed by atoms with van der Waals surface area (Å²) in [6, 6.07) is 11.2. The van der Waals surface area contributed by atoms with Gasteiger partial charge >= 0.3 is 0 Å². The molecule has 1 amide bonds. The maximum Gasteiger partial charge on any atom is 0.251 e. The van der Waals surface area contributed by atoms with Crippen molar-refractivity contribution in [3.8, 4) is 0 Å². The van der Waals surface area contributed by atoms with E-state index in [9.17, 15) is 9.59 Å². The van der Waals surface area contributed by atoms with Gasteiger partial charge in [-0.25, -0.2) is 4.98 Å². The van der Waals surface area contributed by atoms with Crippen LogP contribution in [0.5, 0.6) is 0 Å². The fourth-order valence-electron chi connectivity index (χ4n) is 3.01. The van der Waals surface area contributed by atoms with Gasteiger partial charge in [0.1, 0.15) is 6.54 Å². The Balaban J connectivity index is 1.40. The molecule has 0 atom stereocenters. The van der Waals surface area contributed by atoms with Crippen LogP contribution in [0.4, 0.5) is 5.13 Å². The summed E-state index contributed by atoms with van der Waals surface area (Å²) in [6.45, 7) is 2.84. The van der Waals surface area contributed by atoms with E-state index in [1.807, 2.05) is 23.1 Å². The Morgan fingerprint density at radius 2 is 1.88 bits per heavy atom. The molecule has 1 aromatic carbocycles. The number of amides is 1. The van der Waals surface area contributed by atoms with Crippen LogP contribution < -0.4 is 10.5 Å². The number of piperazine rings is 1. The first-order chi connectivity index (χ1) is 12.6. The topological polar surface area (TPSA) is 58.4 Å². The minimum Gasteiger partial charge on any atom is -0.345 e. The van der Waals surface area contributed by atoms with Gasteiger partial charge in [-0.3, -0.25) is 9.59 Å². The summed E-state index contributed by atoms with van der Waals surface area (Å²) < 4.78 is 3.40. The first kappa shape index (κ1) is 17.2. The van der Waals surface area contributed by atoms with Gasteiger partial charge in [-0.15, -0.1) is 0 Å². The first-order valence-corrected chi connectivity index (χ1v) is 9.95. The van der Waals surface area contributed by atoms with Gasteiger partial charge in [0.05, 0.1) is 10.2 Å². The zero-order valence-corrected chi connectivity index (χ0v) is 16.4. The van der Waals surface area contributed by atoms with E-state index in [2.05, 4.69) is 31.9 Å². The van der Waals surface area contributed by atoms with Crippen molar-refractivity contribution in [1.29, 1.82) is 0 Å². The average molecular weight is 433 g/mol. The molecule has 0 aliphatic carbocycles. The minimum absolute atomic E-state index is 0.0332. The summed E-state index contributed by atoms with van der Waals surface area (Å²) in [7, 11) is 0. The second kappa shape index (κ2) is 7.20. The number of halogens is 1. The predicted octanol–water partition coefficient (Wildman–Crippen LogP) is 2.57. The van der Waals surface area contributed by atoms with Crippen LogP contribution in [0.25, 0.3) is 10.2 Å². The fraction of sp³-hybridized carbons (Fsp3) is 0.278. The van der Waals surface area contributed by atoms with Gasteiger partial charge in [-0.2, -0.15) is 0 Å². The van der Waals surface area contributed by atoms with Gasteiger partial charge in [0, 0.05) is 42.9 Å². The lowest BCUT2D eigenvalue weighted by atomic mass is 10.3. The number of hydrogen-bond acceptors (Lipinski definition) is 5. The molecule has 6 nitrogen and oxygen atoms in total. The van der Waals surface area contributed by atoms with Crippen molar-refractivity contribution in [2.24, 2.45) is 0 Å². The largest absolute Gasteiger partial charge is 0.345 e. The highest BCUT2D eigenvalue weighted by molar-refractivity contribution is 9.10. The fourth-order valence-corrected chi connectivity index (χ4v) is 4.41. The highest BCUT2D eigenvalue weighted by Crippen LogP contribution is 2.29. The van der Waals surface area contributed by atoms with Gasteiger partial charge in [-0.1, -0.05) is 23.5 Å². The van der Waals surface area contributed by atoms with Gasteiger partial charge in [0.2, 0.25) is 5.91 Å². The lowest BCUT2D eigenvalue weighted by molar-refractivity contribution is -0.132. The van der Waals surface area contributed by atoms with Crippen molar-refractivity contribution >= 4 is 48.5 Å². The lowest BCUT2D eigenvalue weighted by Crippen LogP contribution is -2.50. The Morgan fingerprint density at radius 1 is 1.12 bits per heavy atom. The van der Waals surface area contributed by atoms with Crippen molar-refractivity contribution < 1.29 is 4.79 Å². The molecule has 0 spiro atoms. The number of pyridine rings is 1. The second-order valence-electron chi connectivity index (χ2n) is 6.15. The summed E-state index contributed by atoms with van der Waals surface area (Å²) in [6.07, 6.45) is 1.65. The molecule has 1 aliphatic rings. The summed E-state index contributed by atoms with van der Waals surface area (Å²) in [5.41, 5.74) is 0.842. The summed E-state index contributed by atoms with van der Waals surface area (Å²) in [5.74, 6) is -0.0332. The summed E-state index contributed by atoms with van der Waals surface area (Å²) in [5, 5.41) is 1.00. The number of anilines is 1. The number of rotatable bonds is 3. The Kier molecular flexibility index (Phi) is 4.78. The number of aromatic nitrogens is 2. The Morgan fingerprint density at radius 3 is 2.65 bits per heavy atom. The van der Waals surface area contributed by atoms with E-state index in [-0.39, 0.29) is 18.0 Å². The summed E-state index contributed by atoms with van der Waals surface area (Å²) in [4.78, 5) is 33.1. The molecule has 134 valence electrons. The number of benzene rings is 1. The molecule has 0 N–H and O–H groups in total. The third kappa shape index (κ3) is 3.52. The molecule has 4 rings (SSSR count). The molecule has 8 heteroatoms. The number of nitrogens with zero attached hydrogens (tertiary/aromatic N) is 4. The van der Waals surface area contributed by atoms with Crippen molar-refractivity contribution in [1.82, 2.24) is 14.5 Å². The summed E-state index contributed by atoms with van der Waals surface area (Å²) >= 11 is 5.01. The van der Waals surface area contributed by atoms with Crippen LogP contribution >= 0.6 is 27.3 Å². The van der Waals surface area contributed by atoms with E-state index in [0.29, 0.717) is 13.1 Å². The number of fused-ring (bicyclic) bond motifs is 1. The van der Waals surface area contributed by atoms with Crippen LogP contribution in [0, 0.1) is 0 Å². The van der Waals surface area contributed by atoms with Gasteiger partial charge in [-0.05, 0) is 34.1 Å². The average Bonchev–Trinajstić information content (AvgIpc) is 3.09. The van der Waals surface area contributed by atoms with E-state index >= 15 is 0 Å². The third-order valence-corrected chi connectivity index (χ3v) is 6.00. The molecule has 1 fully saturated rings. The van der Waals surface area contributed by atoms with E-state index in [4.69, 9.17) is 0 Å². The molecule has 0 radical (unpaired) electrons. The zero-order chi connectivity index (χ0) is 18.1. The molecule has 1 aliphatic heterocycles. The Hall–Kier alpha value is -2.19. The van der Waals surface area contributed by atoms with Crippen LogP contribution in [-0.4, -0.2) is 46.5 Å². The van der Waals surface area contributed by atoms with E-state index in [1.54, 1.807) is 23.6 Å². The molecule has 2 aromatic heterocycles. The van der Waals surface area contributed by atoms with Crippen LogP contribution in [0.1, 0.15) is 0 Å². The molecule has 1 saturated heterocycles. The van der Waals surface area contributed by atoms with Crippen LogP contribution in [0.15, 0.2) is 51.9 Å². The van der Waals surface area contributed by atoms with Crippen LogP contribution in [0.3, 0.4) is 0 Å². The van der Waals surface area contributed by atoms with Crippen LogP contribution in [-0.2, 0) is 11.3 Å². The lowest BCUT2D eigenvalue weighted by Gasteiger charge is -2.34. The standard InChI is InChI=1S/C18H17BrN4O2S/c19-13-5-6-16(24)23(11-13)12-17(25)21-7-9-22(10-8-21)18-20-14-3-1-2-4-15(14)26-18/h1-6,11H,7-10,12H2. The van der Waals surface area contributed by atoms with Gasteiger partial charge < -0.3 is 14.4 Å². The Labute approximate surface area is 162 Å².